The molecule has 0 N–H and O–H groups in total. The van der Waals surface area contributed by atoms with Crippen molar-refractivity contribution in [3.63, 3.8) is 0 Å². The van der Waals surface area contributed by atoms with E-state index in [1.54, 1.807) is 6.92 Å². The predicted octanol–water partition coefficient (Wildman–Crippen LogP) is 4.56. The summed E-state index contributed by atoms with van der Waals surface area (Å²) < 4.78 is 0. The third-order valence-electron chi connectivity index (χ3n) is 3.92. The maximum Gasteiger partial charge on any atom is 0.130 e. The number of benzene rings is 2. The second kappa shape index (κ2) is 6.51. The van der Waals surface area contributed by atoms with E-state index < -0.39 is 0 Å². The first-order chi connectivity index (χ1) is 9.60. The molecule has 0 aromatic heterocycles. The van der Waals surface area contributed by atoms with Crippen LogP contribution >= 0.6 is 0 Å². The quantitative estimate of drug-likeness (QED) is 0.749. The van der Waals surface area contributed by atoms with E-state index in [4.69, 9.17) is 0 Å². The molecule has 2 aromatic rings. The number of carbonyl (C=O) groups is 1. The van der Waals surface area contributed by atoms with Crippen molar-refractivity contribution >= 4 is 5.78 Å². The van der Waals surface area contributed by atoms with Gasteiger partial charge in [0.2, 0.25) is 0 Å². The Balaban J connectivity index is 2.17. The van der Waals surface area contributed by atoms with Gasteiger partial charge in [-0.3, -0.25) is 4.79 Å². The molecule has 0 saturated carbocycles. The number of Topliss-reactive ketones (excluding diaryl/α,β-unsaturated/α-hetero) is 1. The Morgan fingerprint density at radius 3 is 2.05 bits per heavy atom. The average molecular weight is 266 g/mol. The average Bonchev–Trinajstić information content (AvgIpc) is 2.47. The molecule has 0 heterocycles. The van der Waals surface area contributed by atoms with Gasteiger partial charge in [-0.25, -0.2) is 0 Å². The number of hydrogen-bond acceptors (Lipinski definition) is 1. The molecule has 0 fully saturated rings. The zero-order valence-electron chi connectivity index (χ0n) is 12.3. The van der Waals surface area contributed by atoms with E-state index in [-0.39, 0.29) is 11.2 Å². The zero-order valence-corrected chi connectivity index (χ0v) is 12.3. The highest BCUT2D eigenvalue weighted by Gasteiger charge is 2.27. The lowest BCUT2D eigenvalue weighted by Crippen LogP contribution is -2.25. The van der Waals surface area contributed by atoms with Crippen LogP contribution in [-0.2, 0) is 16.6 Å². The first-order valence-corrected chi connectivity index (χ1v) is 7.19. The number of hydrogen-bond donors (Lipinski definition) is 0. The third kappa shape index (κ3) is 3.80. The van der Waals surface area contributed by atoms with Gasteiger partial charge in [-0.1, -0.05) is 67.6 Å². The molecule has 0 saturated heterocycles. The number of aryl methyl sites for hydroxylation is 1. The maximum atomic E-state index is 11.6. The van der Waals surface area contributed by atoms with Gasteiger partial charge in [-0.2, -0.15) is 0 Å². The van der Waals surface area contributed by atoms with Crippen LogP contribution in [0.5, 0.6) is 0 Å². The van der Waals surface area contributed by atoms with Gasteiger partial charge in [0.25, 0.3) is 0 Å². The Morgan fingerprint density at radius 2 is 1.50 bits per heavy atom. The largest absolute Gasteiger partial charge is 0.300 e. The standard InChI is InChI=1S/C19H22O/c1-16(20)15-19(2,18-11-7-4-8-12-18)14-13-17-9-5-3-6-10-17/h3-12H,13-15H2,1-2H3/t19-/m0/s1. The van der Waals surface area contributed by atoms with Crippen molar-refractivity contribution in [1.29, 1.82) is 0 Å². The van der Waals surface area contributed by atoms with Crippen LogP contribution in [-0.4, -0.2) is 5.78 Å². The third-order valence-corrected chi connectivity index (χ3v) is 3.92. The Kier molecular flexibility index (Phi) is 4.73. The smallest absolute Gasteiger partial charge is 0.130 e. The first kappa shape index (κ1) is 14.5. The Labute approximate surface area is 121 Å². The molecule has 2 aromatic carbocycles. The number of rotatable bonds is 6. The minimum absolute atomic E-state index is 0.0804. The van der Waals surface area contributed by atoms with Gasteiger partial charge >= 0.3 is 0 Å². The van der Waals surface area contributed by atoms with Gasteiger partial charge in [0.1, 0.15) is 5.78 Å². The first-order valence-electron chi connectivity index (χ1n) is 7.19. The summed E-state index contributed by atoms with van der Waals surface area (Å²) in [5.74, 6) is 0.254. The fourth-order valence-corrected chi connectivity index (χ4v) is 2.79. The van der Waals surface area contributed by atoms with E-state index in [9.17, 15) is 4.79 Å². The van der Waals surface area contributed by atoms with Crippen LogP contribution in [0.15, 0.2) is 60.7 Å². The van der Waals surface area contributed by atoms with E-state index >= 15 is 0 Å². The summed E-state index contributed by atoms with van der Waals surface area (Å²) in [6.45, 7) is 3.89. The maximum absolute atomic E-state index is 11.6. The van der Waals surface area contributed by atoms with E-state index in [1.807, 2.05) is 12.1 Å². The number of ketones is 1. The zero-order chi connectivity index (χ0) is 14.4. The molecule has 0 unspecified atom stereocenters. The molecule has 1 atom stereocenters. The van der Waals surface area contributed by atoms with E-state index in [0.717, 1.165) is 12.8 Å². The fourth-order valence-electron chi connectivity index (χ4n) is 2.79. The van der Waals surface area contributed by atoms with Crippen LogP contribution in [0.1, 0.15) is 37.8 Å². The lowest BCUT2D eigenvalue weighted by molar-refractivity contribution is -0.118. The monoisotopic (exact) mass is 266 g/mol. The van der Waals surface area contributed by atoms with Gasteiger partial charge in [0.15, 0.2) is 0 Å². The second-order valence-corrected chi connectivity index (χ2v) is 5.79. The molecule has 0 aliphatic carbocycles. The van der Waals surface area contributed by atoms with Gasteiger partial charge < -0.3 is 0 Å². The van der Waals surface area contributed by atoms with Gasteiger partial charge in [0.05, 0.1) is 0 Å². The molecule has 0 aliphatic heterocycles. The summed E-state index contributed by atoms with van der Waals surface area (Å²) in [7, 11) is 0. The molecule has 0 bridgehead atoms. The summed E-state index contributed by atoms with van der Waals surface area (Å²) in [4.78, 5) is 11.6. The van der Waals surface area contributed by atoms with Crippen molar-refractivity contribution in [1.82, 2.24) is 0 Å². The molecule has 0 amide bonds. The highest BCUT2D eigenvalue weighted by Crippen LogP contribution is 2.33. The van der Waals surface area contributed by atoms with Crippen LogP contribution in [0.3, 0.4) is 0 Å². The van der Waals surface area contributed by atoms with E-state index in [0.29, 0.717) is 6.42 Å². The summed E-state index contributed by atoms with van der Waals surface area (Å²) in [6, 6.07) is 20.9. The molecular formula is C19H22O. The van der Waals surface area contributed by atoms with Crippen molar-refractivity contribution in [2.24, 2.45) is 0 Å². The van der Waals surface area contributed by atoms with Crippen molar-refractivity contribution in [3.8, 4) is 0 Å². The lowest BCUT2D eigenvalue weighted by Gasteiger charge is -2.29. The summed E-state index contributed by atoms with van der Waals surface area (Å²) in [5, 5.41) is 0. The highest BCUT2D eigenvalue weighted by molar-refractivity contribution is 5.77. The molecule has 2 rings (SSSR count). The Hall–Kier alpha value is -1.89. The van der Waals surface area contributed by atoms with Crippen molar-refractivity contribution < 1.29 is 4.79 Å². The highest BCUT2D eigenvalue weighted by atomic mass is 16.1. The minimum atomic E-state index is -0.0804. The summed E-state index contributed by atoms with van der Waals surface area (Å²) in [5.41, 5.74) is 2.51. The molecule has 1 nitrogen and oxygen atoms in total. The molecule has 1 heteroatoms. The van der Waals surface area contributed by atoms with Crippen molar-refractivity contribution in [2.45, 2.75) is 38.5 Å². The van der Waals surface area contributed by atoms with Crippen LogP contribution in [0.25, 0.3) is 0 Å². The SMILES string of the molecule is CC(=O)C[C@](C)(CCc1ccccc1)c1ccccc1. The Morgan fingerprint density at radius 1 is 0.950 bits per heavy atom. The van der Waals surface area contributed by atoms with E-state index in [1.165, 1.54) is 11.1 Å². The normalized spacial score (nSPS) is 13.7. The topological polar surface area (TPSA) is 17.1 Å². The molecular weight excluding hydrogens is 244 g/mol. The van der Waals surface area contributed by atoms with Crippen LogP contribution in [0.2, 0.25) is 0 Å². The van der Waals surface area contributed by atoms with E-state index in [2.05, 4.69) is 55.5 Å². The van der Waals surface area contributed by atoms with Gasteiger partial charge in [-0.15, -0.1) is 0 Å². The van der Waals surface area contributed by atoms with Crippen LogP contribution in [0, 0.1) is 0 Å². The fraction of sp³-hybridized carbons (Fsp3) is 0.316. The lowest BCUT2D eigenvalue weighted by atomic mass is 9.74. The molecule has 0 aliphatic rings. The van der Waals surface area contributed by atoms with Crippen molar-refractivity contribution in [3.05, 3.63) is 71.8 Å². The number of carbonyl (C=O) groups excluding carboxylic acids is 1. The summed E-state index contributed by atoms with van der Waals surface area (Å²) in [6.07, 6.45) is 2.59. The molecule has 0 radical (unpaired) electrons. The van der Waals surface area contributed by atoms with Gasteiger partial charge in [0, 0.05) is 6.42 Å². The van der Waals surface area contributed by atoms with Crippen LogP contribution < -0.4 is 0 Å². The Bertz CT molecular complexity index is 544. The molecule has 20 heavy (non-hydrogen) atoms. The molecule has 0 spiro atoms. The predicted molar refractivity (Wildman–Crippen MR) is 83.9 cm³/mol. The molecule has 104 valence electrons. The second-order valence-electron chi connectivity index (χ2n) is 5.79. The van der Waals surface area contributed by atoms with Crippen molar-refractivity contribution in [2.75, 3.05) is 0 Å². The van der Waals surface area contributed by atoms with Gasteiger partial charge in [-0.05, 0) is 36.3 Å². The van der Waals surface area contributed by atoms with Crippen LogP contribution in [0.4, 0.5) is 0 Å². The minimum Gasteiger partial charge on any atom is -0.300 e. The summed E-state index contributed by atoms with van der Waals surface area (Å²) >= 11 is 0.